The summed E-state index contributed by atoms with van der Waals surface area (Å²) < 4.78 is 38.5. The third kappa shape index (κ3) is 3.96. The summed E-state index contributed by atoms with van der Waals surface area (Å²) >= 11 is 0. The molecule has 0 saturated heterocycles. The van der Waals surface area contributed by atoms with Crippen LogP contribution in [0.15, 0.2) is 72.8 Å². The summed E-state index contributed by atoms with van der Waals surface area (Å²) in [6.45, 7) is 0. The van der Waals surface area contributed by atoms with Crippen LogP contribution < -0.4 is 15.3 Å². The van der Waals surface area contributed by atoms with Gasteiger partial charge in [-0.25, -0.2) is 0 Å². The van der Waals surface area contributed by atoms with Crippen LogP contribution in [0.1, 0.15) is 21.5 Å². The van der Waals surface area contributed by atoms with Crippen LogP contribution in [-0.2, 0) is 12.6 Å². The van der Waals surface area contributed by atoms with Gasteiger partial charge in [-0.3, -0.25) is 4.79 Å². The van der Waals surface area contributed by atoms with Crippen LogP contribution in [0, 0.1) is 0 Å². The van der Waals surface area contributed by atoms with Crippen LogP contribution in [0.25, 0.3) is 11.1 Å². The molecule has 1 heterocycles. The second-order valence-corrected chi connectivity index (χ2v) is 7.08. The van der Waals surface area contributed by atoms with Crippen molar-refractivity contribution in [2.45, 2.75) is 18.8 Å². The lowest BCUT2D eigenvalue weighted by Crippen LogP contribution is -2.53. The van der Waals surface area contributed by atoms with Gasteiger partial charge in [0.2, 0.25) is 0 Å². The van der Waals surface area contributed by atoms with E-state index >= 15 is 0 Å². The molecule has 1 unspecified atom stereocenters. The van der Waals surface area contributed by atoms with Crippen LogP contribution in [0.5, 0.6) is 0 Å². The lowest BCUT2D eigenvalue weighted by atomic mass is 9.98. The second kappa shape index (κ2) is 7.79. The average Bonchev–Trinajstić information content (AvgIpc) is 3.11. The van der Waals surface area contributed by atoms with Crippen molar-refractivity contribution in [3.05, 3.63) is 89.5 Å². The lowest BCUT2D eigenvalue weighted by Gasteiger charge is -2.28. The van der Waals surface area contributed by atoms with Gasteiger partial charge >= 0.3 is 6.18 Å². The number of benzene rings is 3. The molecule has 8 heteroatoms. The zero-order valence-electron chi connectivity index (χ0n) is 16.0. The Labute approximate surface area is 175 Å². The van der Waals surface area contributed by atoms with E-state index in [1.54, 1.807) is 42.5 Å². The molecule has 3 aromatic rings. The first-order valence-corrected chi connectivity index (χ1v) is 9.41. The number of hydrogen-bond acceptors (Lipinski definition) is 3. The third-order valence-electron chi connectivity index (χ3n) is 5.17. The van der Waals surface area contributed by atoms with Gasteiger partial charge in [0.25, 0.3) is 5.91 Å². The molecule has 5 nitrogen and oxygen atoms in total. The molecule has 31 heavy (non-hydrogen) atoms. The molecule has 0 bridgehead atoms. The highest BCUT2D eigenvalue weighted by Gasteiger charge is 2.32. The number of amides is 2. The number of carboxylic acid groups (broad SMARTS) is 1. The number of carbonyl (C=O) groups excluding carboxylic acids is 2. The van der Waals surface area contributed by atoms with E-state index < -0.39 is 29.9 Å². The Hall–Kier alpha value is -3.81. The molecule has 1 N–H and O–H groups in total. The molecular formula is C23H16F3N2O3-. The van der Waals surface area contributed by atoms with Gasteiger partial charge in [-0.15, -0.1) is 0 Å². The molecule has 1 aliphatic heterocycles. The first-order valence-electron chi connectivity index (χ1n) is 9.41. The van der Waals surface area contributed by atoms with E-state index in [0.29, 0.717) is 16.8 Å². The van der Waals surface area contributed by atoms with E-state index in [1.165, 1.54) is 18.2 Å². The number of nitrogens with one attached hydrogen (secondary N) is 1. The quantitative estimate of drug-likeness (QED) is 0.693. The summed E-state index contributed by atoms with van der Waals surface area (Å²) in [5.41, 5.74) is 1.51. The molecule has 2 amide bonds. The summed E-state index contributed by atoms with van der Waals surface area (Å²) in [5, 5.41) is 14.4. The Morgan fingerprint density at radius 3 is 2.26 bits per heavy atom. The summed E-state index contributed by atoms with van der Waals surface area (Å²) in [6.07, 6.45) is -6.47. The monoisotopic (exact) mass is 425 g/mol. The first-order chi connectivity index (χ1) is 14.8. The van der Waals surface area contributed by atoms with Crippen molar-refractivity contribution < 1.29 is 27.9 Å². The van der Waals surface area contributed by atoms with Crippen molar-refractivity contribution in [1.29, 1.82) is 0 Å². The highest BCUT2D eigenvalue weighted by atomic mass is 19.4. The molecule has 1 aliphatic rings. The number of rotatable bonds is 3. The topological polar surface area (TPSA) is 72.5 Å². The fourth-order valence-corrected chi connectivity index (χ4v) is 3.73. The van der Waals surface area contributed by atoms with Gasteiger partial charge in [0.05, 0.1) is 5.56 Å². The van der Waals surface area contributed by atoms with Crippen molar-refractivity contribution in [3.63, 3.8) is 0 Å². The summed E-state index contributed by atoms with van der Waals surface area (Å²) in [6, 6.07) is 17.8. The average molecular weight is 425 g/mol. The molecule has 4 rings (SSSR count). The maximum atomic E-state index is 13.0. The Morgan fingerprint density at radius 1 is 0.935 bits per heavy atom. The van der Waals surface area contributed by atoms with Crippen LogP contribution >= 0.6 is 0 Å². The van der Waals surface area contributed by atoms with E-state index in [4.69, 9.17) is 0 Å². The fourth-order valence-electron chi connectivity index (χ4n) is 3.73. The second-order valence-electron chi connectivity index (χ2n) is 7.08. The van der Waals surface area contributed by atoms with Crippen LogP contribution in [0.2, 0.25) is 0 Å². The first kappa shape index (κ1) is 20.5. The maximum Gasteiger partial charge on any atom is 0.416 e. The number of carbonyl (C=O) groups is 2. The normalized spacial score (nSPS) is 15.5. The molecule has 3 aromatic carbocycles. The van der Waals surface area contributed by atoms with Gasteiger partial charge in [-0.2, -0.15) is 13.2 Å². The summed E-state index contributed by atoms with van der Waals surface area (Å²) in [4.78, 5) is 25.7. The zero-order valence-corrected chi connectivity index (χ0v) is 16.0. The largest absolute Gasteiger partial charge is 0.530 e. The predicted molar refractivity (Wildman–Crippen MR) is 106 cm³/mol. The van der Waals surface area contributed by atoms with Crippen LogP contribution in [-0.4, -0.2) is 18.2 Å². The molecule has 0 aliphatic carbocycles. The highest BCUT2D eigenvalue weighted by molar-refractivity contribution is 6.02. The van der Waals surface area contributed by atoms with Crippen LogP contribution in [0.3, 0.4) is 0 Å². The minimum Gasteiger partial charge on any atom is -0.530 e. The molecule has 0 radical (unpaired) electrons. The highest BCUT2D eigenvalue weighted by Crippen LogP contribution is 2.33. The molecular weight excluding hydrogens is 409 g/mol. The van der Waals surface area contributed by atoms with Gasteiger partial charge in [-0.05, 0) is 41.0 Å². The van der Waals surface area contributed by atoms with Crippen molar-refractivity contribution >= 4 is 17.7 Å². The number of anilines is 1. The minimum absolute atomic E-state index is 0.219. The van der Waals surface area contributed by atoms with Gasteiger partial charge < -0.3 is 20.1 Å². The van der Waals surface area contributed by atoms with E-state index in [9.17, 15) is 27.9 Å². The van der Waals surface area contributed by atoms with Gasteiger partial charge in [-0.1, -0.05) is 48.5 Å². The number of nitrogens with zero attached hydrogens (tertiary/aromatic N) is 1. The van der Waals surface area contributed by atoms with E-state index in [-0.39, 0.29) is 12.0 Å². The van der Waals surface area contributed by atoms with Crippen molar-refractivity contribution in [2.24, 2.45) is 0 Å². The smallest absolute Gasteiger partial charge is 0.416 e. The Balaban J connectivity index is 1.61. The maximum absolute atomic E-state index is 13.0. The molecule has 1 atom stereocenters. The number of halogens is 3. The number of fused-ring (bicyclic) bond motifs is 1. The molecule has 0 spiro atoms. The minimum atomic E-state index is -4.46. The molecule has 0 fully saturated rings. The van der Waals surface area contributed by atoms with Crippen molar-refractivity contribution in [3.8, 4) is 11.1 Å². The molecule has 158 valence electrons. The summed E-state index contributed by atoms with van der Waals surface area (Å²) in [7, 11) is 0. The molecule has 0 saturated carbocycles. The van der Waals surface area contributed by atoms with E-state index in [1.807, 2.05) is 0 Å². The lowest BCUT2D eigenvalue weighted by molar-refractivity contribution is -0.247. The van der Waals surface area contributed by atoms with Crippen molar-refractivity contribution in [2.75, 3.05) is 4.90 Å². The Kier molecular flexibility index (Phi) is 5.14. The fraction of sp³-hybridized carbons (Fsp3) is 0.130. The SMILES string of the molecule is O=C(NC1Cc2ccccc2N1C(=O)[O-])c1ccccc1-c1ccc(C(F)(F)F)cc1. The zero-order chi connectivity index (χ0) is 22.2. The Morgan fingerprint density at radius 2 is 1.58 bits per heavy atom. The van der Waals surface area contributed by atoms with E-state index in [2.05, 4.69) is 5.32 Å². The summed E-state index contributed by atoms with van der Waals surface area (Å²) in [5.74, 6) is -0.542. The Bertz CT molecular complexity index is 1140. The molecule has 0 aromatic heterocycles. The third-order valence-corrected chi connectivity index (χ3v) is 5.17. The van der Waals surface area contributed by atoms with Crippen LogP contribution in [0.4, 0.5) is 23.7 Å². The van der Waals surface area contributed by atoms with Gasteiger partial charge in [0, 0.05) is 17.7 Å². The van der Waals surface area contributed by atoms with Gasteiger partial charge in [0.1, 0.15) is 12.3 Å². The van der Waals surface area contributed by atoms with E-state index in [0.717, 1.165) is 22.6 Å². The predicted octanol–water partition coefficient (Wildman–Crippen LogP) is 3.83. The number of hydrogen-bond donors (Lipinski definition) is 1. The van der Waals surface area contributed by atoms with Gasteiger partial charge in [0.15, 0.2) is 0 Å². The van der Waals surface area contributed by atoms with Crippen molar-refractivity contribution in [1.82, 2.24) is 5.32 Å². The number of alkyl halides is 3. The standard InChI is InChI=1S/C23H17F3N2O3/c24-23(25,26)16-11-9-14(10-12-16)17-6-2-3-7-18(17)21(29)27-20-13-15-5-1-4-8-19(15)28(20)22(30)31/h1-12,20H,13H2,(H,27,29)(H,30,31)/p-1. The number of para-hydroxylation sites is 1.